The molecule has 1 aromatic carbocycles. The van der Waals surface area contributed by atoms with Gasteiger partial charge in [0.05, 0.1) is 12.2 Å². The Hall–Kier alpha value is -3.16. The van der Waals surface area contributed by atoms with E-state index in [1.54, 1.807) is 41.9 Å². The zero-order chi connectivity index (χ0) is 19.6. The zero-order valence-corrected chi connectivity index (χ0v) is 15.6. The van der Waals surface area contributed by atoms with Crippen LogP contribution in [0.15, 0.2) is 24.4 Å². The molecule has 3 N–H and O–H groups in total. The predicted octanol–water partition coefficient (Wildman–Crippen LogP) is 2.42. The molecule has 0 saturated carbocycles. The predicted molar refractivity (Wildman–Crippen MR) is 104 cm³/mol. The molecule has 7 nitrogen and oxygen atoms in total. The topological polar surface area (TPSA) is 86.0 Å². The normalized spacial score (nSPS) is 13.9. The first-order valence-corrected chi connectivity index (χ1v) is 8.69. The van der Waals surface area contributed by atoms with Crippen LogP contribution in [0.3, 0.4) is 0 Å². The number of nitrogens with one attached hydrogen (secondary N) is 3. The minimum absolute atomic E-state index is 0.0153. The molecule has 1 aromatic heterocycles. The van der Waals surface area contributed by atoms with Crippen molar-refractivity contribution in [3.8, 4) is 0 Å². The van der Waals surface area contributed by atoms with Gasteiger partial charge in [-0.15, -0.1) is 0 Å². The van der Waals surface area contributed by atoms with Crippen LogP contribution in [0.25, 0.3) is 5.57 Å². The fourth-order valence-electron chi connectivity index (χ4n) is 3.25. The number of allylic oxidation sites excluding steroid dienone is 1. The van der Waals surface area contributed by atoms with E-state index in [4.69, 9.17) is 5.41 Å². The van der Waals surface area contributed by atoms with Crippen molar-refractivity contribution in [1.29, 1.82) is 5.41 Å². The van der Waals surface area contributed by atoms with Crippen molar-refractivity contribution in [3.05, 3.63) is 47.0 Å². The summed E-state index contributed by atoms with van der Waals surface area (Å²) in [6.07, 6.45) is 3.53. The van der Waals surface area contributed by atoms with E-state index in [-0.39, 0.29) is 5.91 Å². The molecule has 0 fully saturated rings. The average Bonchev–Trinajstić information content (AvgIpc) is 2.96. The molecule has 0 unspecified atom stereocenters. The Morgan fingerprint density at radius 2 is 2.19 bits per heavy atom. The van der Waals surface area contributed by atoms with Gasteiger partial charge in [0, 0.05) is 63.2 Å². The highest BCUT2D eigenvalue weighted by Gasteiger charge is 2.25. The summed E-state index contributed by atoms with van der Waals surface area (Å²) in [5, 5.41) is 17.8. The van der Waals surface area contributed by atoms with Gasteiger partial charge >= 0.3 is 0 Å². The first-order valence-electron chi connectivity index (χ1n) is 8.69. The van der Waals surface area contributed by atoms with E-state index >= 15 is 0 Å². The van der Waals surface area contributed by atoms with Gasteiger partial charge in [0.25, 0.3) is 0 Å². The van der Waals surface area contributed by atoms with Crippen LogP contribution in [0.1, 0.15) is 23.7 Å². The number of carbonyl (C=O) groups is 1. The first kappa shape index (κ1) is 18.6. The largest absolute Gasteiger partial charge is 0.393 e. The van der Waals surface area contributed by atoms with Crippen LogP contribution in [-0.2, 0) is 24.8 Å². The third-order valence-corrected chi connectivity index (χ3v) is 4.70. The van der Waals surface area contributed by atoms with E-state index in [1.165, 1.54) is 12.3 Å². The van der Waals surface area contributed by atoms with Crippen molar-refractivity contribution in [2.24, 2.45) is 7.05 Å². The highest BCUT2D eigenvalue weighted by Crippen LogP contribution is 2.29. The molecule has 0 saturated heterocycles. The Bertz CT molecular complexity index is 917. The van der Waals surface area contributed by atoms with Gasteiger partial charge in [0.1, 0.15) is 5.82 Å². The summed E-state index contributed by atoms with van der Waals surface area (Å²) in [4.78, 5) is 13.5. The molecule has 27 heavy (non-hydrogen) atoms. The van der Waals surface area contributed by atoms with E-state index in [0.717, 1.165) is 17.7 Å². The number of anilines is 2. The summed E-state index contributed by atoms with van der Waals surface area (Å²) in [5.41, 5.74) is 3.45. The Morgan fingerprint density at radius 3 is 2.81 bits per heavy atom. The van der Waals surface area contributed by atoms with Crippen molar-refractivity contribution < 1.29 is 9.18 Å². The monoisotopic (exact) mass is 370 g/mol. The maximum atomic E-state index is 14.6. The molecule has 1 aliphatic heterocycles. The third-order valence-electron chi connectivity index (χ3n) is 4.70. The SMILES string of the molecule is CN/C=C(\C=N)c1ccc(Nc2nn(C)c3c2CN(C(C)=O)CC3)c(F)c1. The standard InChI is InChI=1S/C19H23FN6O/c1-12(27)26-7-6-18-15(11-26)19(24-25(18)3)23-17-5-4-13(8-16(17)20)14(9-21)10-22-2/h4-5,8-10,21-22H,6-7,11H2,1-3H3,(H,23,24)/b14-10+,21-9?. The quantitative estimate of drug-likeness (QED) is 0.706. The van der Waals surface area contributed by atoms with Crippen LogP contribution in [-0.4, -0.2) is 40.4 Å². The molecule has 8 heteroatoms. The van der Waals surface area contributed by atoms with Crippen molar-refractivity contribution in [1.82, 2.24) is 20.0 Å². The fraction of sp³-hybridized carbons (Fsp3) is 0.316. The smallest absolute Gasteiger partial charge is 0.219 e. The number of nitrogens with zero attached hydrogens (tertiary/aromatic N) is 3. The number of hydrogen-bond donors (Lipinski definition) is 3. The Kier molecular flexibility index (Phi) is 5.25. The van der Waals surface area contributed by atoms with E-state index in [0.29, 0.717) is 35.7 Å². The summed E-state index contributed by atoms with van der Waals surface area (Å²) >= 11 is 0. The second-order valence-corrected chi connectivity index (χ2v) is 6.44. The second-order valence-electron chi connectivity index (χ2n) is 6.44. The molecule has 1 amide bonds. The van der Waals surface area contributed by atoms with Gasteiger partial charge in [-0.1, -0.05) is 6.07 Å². The molecule has 2 heterocycles. The summed E-state index contributed by atoms with van der Waals surface area (Å²) in [7, 11) is 3.58. The number of aryl methyl sites for hydroxylation is 1. The van der Waals surface area contributed by atoms with Crippen LogP contribution < -0.4 is 10.6 Å². The highest BCUT2D eigenvalue weighted by atomic mass is 19.1. The molecule has 2 aromatic rings. The van der Waals surface area contributed by atoms with Crippen molar-refractivity contribution in [2.45, 2.75) is 19.9 Å². The summed E-state index contributed by atoms with van der Waals surface area (Å²) < 4.78 is 16.4. The number of amides is 1. The van der Waals surface area contributed by atoms with Crippen molar-refractivity contribution >= 4 is 29.2 Å². The summed E-state index contributed by atoms with van der Waals surface area (Å²) in [6.45, 7) is 2.67. The van der Waals surface area contributed by atoms with Gasteiger partial charge in [-0.3, -0.25) is 9.48 Å². The Morgan fingerprint density at radius 1 is 1.41 bits per heavy atom. The molecule has 3 rings (SSSR count). The summed E-state index contributed by atoms with van der Waals surface area (Å²) in [5.74, 6) is 0.139. The molecule has 142 valence electrons. The van der Waals surface area contributed by atoms with Crippen molar-refractivity contribution in [3.63, 3.8) is 0 Å². The fourth-order valence-corrected chi connectivity index (χ4v) is 3.25. The number of rotatable bonds is 5. The molecule has 0 bridgehead atoms. The number of carbonyl (C=O) groups excluding carboxylic acids is 1. The molecule has 0 aliphatic carbocycles. The van der Waals surface area contributed by atoms with Crippen LogP contribution in [0, 0.1) is 11.2 Å². The molecule has 0 spiro atoms. The van der Waals surface area contributed by atoms with E-state index in [9.17, 15) is 9.18 Å². The van der Waals surface area contributed by atoms with Gasteiger partial charge in [-0.25, -0.2) is 4.39 Å². The third kappa shape index (κ3) is 3.69. The van der Waals surface area contributed by atoms with Gasteiger partial charge in [-0.05, 0) is 17.7 Å². The Labute approximate surface area is 157 Å². The number of benzene rings is 1. The summed E-state index contributed by atoms with van der Waals surface area (Å²) in [6, 6.07) is 4.76. The van der Waals surface area contributed by atoms with Gasteiger partial charge in [0.15, 0.2) is 5.82 Å². The van der Waals surface area contributed by atoms with Gasteiger partial charge in [0.2, 0.25) is 5.91 Å². The first-order chi connectivity index (χ1) is 12.9. The van der Waals surface area contributed by atoms with E-state index in [2.05, 4.69) is 15.7 Å². The lowest BCUT2D eigenvalue weighted by Gasteiger charge is -2.26. The lowest BCUT2D eigenvalue weighted by molar-refractivity contribution is -0.129. The molecule has 1 aliphatic rings. The molecular formula is C19H23FN6O. The van der Waals surface area contributed by atoms with E-state index < -0.39 is 5.82 Å². The minimum Gasteiger partial charge on any atom is -0.393 e. The molecule has 0 radical (unpaired) electrons. The minimum atomic E-state index is -0.435. The van der Waals surface area contributed by atoms with Crippen LogP contribution >= 0.6 is 0 Å². The Balaban J connectivity index is 1.90. The second kappa shape index (κ2) is 7.61. The number of halogens is 1. The van der Waals surface area contributed by atoms with Crippen molar-refractivity contribution in [2.75, 3.05) is 18.9 Å². The molecule has 0 atom stereocenters. The van der Waals surface area contributed by atoms with Gasteiger partial charge < -0.3 is 20.9 Å². The maximum Gasteiger partial charge on any atom is 0.219 e. The average molecular weight is 370 g/mol. The number of aromatic nitrogens is 2. The lowest BCUT2D eigenvalue weighted by Crippen LogP contribution is -2.34. The molecular weight excluding hydrogens is 347 g/mol. The zero-order valence-electron chi connectivity index (χ0n) is 15.6. The number of fused-ring (bicyclic) bond motifs is 1. The van der Waals surface area contributed by atoms with Gasteiger partial charge in [-0.2, -0.15) is 5.10 Å². The van der Waals surface area contributed by atoms with Crippen LogP contribution in [0.2, 0.25) is 0 Å². The number of hydrogen-bond acceptors (Lipinski definition) is 5. The van der Waals surface area contributed by atoms with E-state index in [1.807, 2.05) is 7.05 Å². The van der Waals surface area contributed by atoms with Crippen LogP contribution in [0.4, 0.5) is 15.9 Å². The van der Waals surface area contributed by atoms with Crippen LogP contribution in [0.5, 0.6) is 0 Å². The highest BCUT2D eigenvalue weighted by molar-refractivity contribution is 6.08. The lowest BCUT2D eigenvalue weighted by atomic mass is 10.1. The maximum absolute atomic E-state index is 14.6.